The molecule has 0 amide bonds. The van der Waals surface area contributed by atoms with Crippen LogP contribution >= 0.6 is 15.9 Å². The van der Waals surface area contributed by atoms with Crippen molar-refractivity contribution in [2.75, 3.05) is 18.8 Å². The van der Waals surface area contributed by atoms with Crippen LogP contribution in [0.25, 0.3) is 0 Å². The summed E-state index contributed by atoms with van der Waals surface area (Å²) in [5.41, 5.74) is 0.325. The Balaban J connectivity index is 1.78. The molecule has 2 aromatic rings. The second-order valence-corrected chi connectivity index (χ2v) is 8.85. The first-order valence-corrected chi connectivity index (χ1v) is 10.2. The van der Waals surface area contributed by atoms with Gasteiger partial charge in [-0.15, -0.1) is 0 Å². The SMILES string of the molecule is CN(C)C1CC(Oc2ncc(Br)cc2NS(=O)(=O)c2ccccc2)C1. The van der Waals surface area contributed by atoms with E-state index in [0.717, 1.165) is 12.8 Å². The van der Waals surface area contributed by atoms with E-state index in [-0.39, 0.29) is 11.0 Å². The second-order valence-electron chi connectivity index (χ2n) is 6.25. The van der Waals surface area contributed by atoms with Gasteiger partial charge in [-0.25, -0.2) is 13.4 Å². The number of hydrogen-bond acceptors (Lipinski definition) is 5. The summed E-state index contributed by atoms with van der Waals surface area (Å²) in [6.45, 7) is 0. The first-order valence-electron chi connectivity index (χ1n) is 7.91. The third-order valence-corrected chi connectivity index (χ3v) is 6.01. The summed E-state index contributed by atoms with van der Waals surface area (Å²) in [7, 11) is 0.379. The third-order valence-electron chi connectivity index (χ3n) is 4.19. The van der Waals surface area contributed by atoms with Crippen LogP contribution in [0.1, 0.15) is 12.8 Å². The van der Waals surface area contributed by atoms with Crippen LogP contribution in [0.3, 0.4) is 0 Å². The molecule has 3 rings (SSSR count). The van der Waals surface area contributed by atoms with Gasteiger partial charge >= 0.3 is 0 Å². The Morgan fingerprint density at radius 2 is 1.92 bits per heavy atom. The van der Waals surface area contributed by atoms with E-state index in [1.807, 2.05) is 14.1 Å². The van der Waals surface area contributed by atoms with Crippen LogP contribution in [-0.2, 0) is 10.0 Å². The molecule has 134 valence electrons. The van der Waals surface area contributed by atoms with Crippen molar-refractivity contribution in [3.8, 4) is 5.88 Å². The quantitative estimate of drug-likeness (QED) is 0.769. The maximum Gasteiger partial charge on any atom is 0.262 e. The molecule has 1 heterocycles. The Morgan fingerprint density at radius 1 is 1.24 bits per heavy atom. The minimum Gasteiger partial charge on any atom is -0.473 e. The Morgan fingerprint density at radius 3 is 2.56 bits per heavy atom. The molecule has 1 aromatic heterocycles. The van der Waals surface area contributed by atoms with Crippen molar-refractivity contribution in [2.24, 2.45) is 0 Å². The molecule has 1 fully saturated rings. The Kier molecular flexibility index (Phi) is 5.31. The van der Waals surface area contributed by atoms with Gasteiger partial charge in [0, 0.05) is 29.6 Å². The van der Waals surface area contributed by atoms with E-state index in [1.165, 1.54) is 0 Å². The topological polar surface area (TPSA) is 71.5 Å². The van der Waals surface area contributed by atoms with Gasteiger partial charge in [0.1, 0.15) is 11.8 Å². The highest BCUT2D eigenvalue weighted by atomic mass is 79.9. The average Bonchev–Trinajstić information content (AvgIpc) is 2.52. The molecule has 0 saturated heterocycles. The van der Waals surface area contributed by atoms with Crippen LogP contribution in [0.2, 0.25) is 0 Å². The number of sulfonamides is 1. The highest BCUT2D eigenvalue weighted by Crippen LogP contribution is 2.33. The number of pyridine rings is 1. The zero-order chi connectivity index (χ0) is 18.0. The summed E-state index contributed by atoms with van der Waals surface area (Å²) in [5.74, 6) is 0.296. The lowest BCUT2D eigenvalue weighted by atomic mass is 9.88. The molecule has 1 N–H and O–H groups in total. The van der Waals surface area contributed by atoms with E-state index in [9.17, 15) is 8.42 Å². The summed E-state index contributed by atoms with van der Waals surface area (Å²) in [5, 5.41) is 0. The summed E-state index contributed by atoms with van der Waals surface area (Å²) >= 11 is 3.33. The molecule has 8 heteroatoms. The van der Waals surface area contributed by atoms with Crippen molar-refractivity contribution in [1.82, 2.24) is 9.88 Å². The number of hydrogen-bond donors (Lipinski definition) is 1. The van der Waals surface area contributed by atoms with Gasteiger partial charge in [-0.1, -0.05) is 18.2 Å². The van der Waals surface area contributed by atoms with Crippen molar-refractivity contribution >= 4 is 31.6 Å². The number of nitrogens with zero attached hydrogens (tertiary/aromatic N) is 2. The molecular weight excluding hydrogens is 406 g/mol. The van der Waals surface area contributed by atoms with Crippen LogP contribution in [-0.4, -0.2) is 44.5 Å². The van der Waals surface area contributed by atoms with Gasteiger partial charge in [-0.05, 0) is 48.2 Å². The summed E-state index contributed by atoms with van der Waals surface area (Å²) in [4.78, 5) is 6.59. The fraction of sp³-hybridized carbons (Fsp3) is 0.353. The Bertz CT molecular complexity index is 837. The zero-order valence-corrected chi connectivity index (χ0v) is 16.4. The van der Waals surface area contributed by atoms with Gasteiger partial charge in [-0.3, -0.25) is 4.72 Å². The van der Waals surface area contributed by atoms with E-state index >= 15 is 0 Å². The van der Waals surface area contributed by atoms with Crippen molar-refractivity contribution in [3.05, 3.63) is 47.1 Å². The van der Waals surface area contributed by atoms with Crippen LogP contribution < -0.4 is 9.46 Å². The van der Waals surface area contributed by atoms with E-state index in [2.05, 4.69) is 30.5 Å². The van der Waals surface area contributed by atoms with Crippen LogP contribution in [0.15, 0.2) is 52.0 Å². The first kappa shape index (κ1) is 18.2. The molecule has 0 spiro atoms. The fourth-order valence-corrected chi connectivity index (χ4v) is 4.01. The van der Waals surface area contributed by atoms with Crippen LogP contribution in [0, 0.1) is 0 Å². The predicted molar refractivity (Wildman–Crippen MR) is 100 cm³/mol. The average molecular weight is 426 g/mol. The van der Waals surface area contributed by atoms with Gasteiger partial charge in [0.05, 0.1) is 4.90 Å². The standard InChI is InChI=1S/C17H20BrN3O3S/c1-21(2)13-9-14(10-13)24-17-16(8-12(18)11-19-17)20-25(22,23)15-6-4-3-5-7-15/h3-8,11,13-14,20H,9-10H2,1-2H3. The lowest BCUT2D eigenvalue weighted by molar-refractivity contribution is 0.0375. The summed E-state index contributed by atoms with van der Waals surface area (Å²) < 4.78 is 34.3. The second kappa shape index (κ2) is 7.31. The van der Waals surface area contributed by atoms with Crippen molar-refractivity contribution < 1.29 is 13.2 Å². The number of ether oxygens (including phenoxy) is 1. The third kappa shape index (κ3) is 4.31. The van der Waals surface area contributed by atoms with Gasteiger partial charge in [0.25, 0.3) is 10.0 Å². The molecule has 0 radical (unpaired) electrons. The summed E-state index contributed by atoms with van der Waals surface area (Å²) in [6, 6.07) is 10.4. The number of anilines is 1. The molecule has 25 heavy (non-hydrogen) atoms. The van der Waals surface area contributed by atoms with E-state index in [0.29, 0.717) is 22.1 Å². The smallest absolute Gasteiger partial charge is 0.262 e. The summed E-state index contributed by atoms with van der Waals surface area (Å²) in [6.07, 6.45) is 3.43. The predicted octanol–water partition coefficient (Wildman–Crippen LogP) is 3.12. The number of benzene rings is 1. The number of aromatic nitrogens is 1. The lowest BCUT2D eigenvalue weighted by Crippen LogP contribution is -2.46. The maximum atomic E-state index is 12.6. The highest BCUT2D eigenvalue weighted by molar-refractivity contribution is 9.10. The number of nitrogens with one attached hydrogen (secondary N) is 1. The minimum atomic E-state index is -3.70. The highest BCUT2D eigenvalue weighted by Gasteiger charge is 2.33. The van der Waals surface area contributed by atoms with Crippen molar-refractivity contribution in [3.63, 3.8) is 0 Å². The van der Waals surface area contributed by atoms with Gasteiger partial charge < -0.3 is 9.64 Å². The van der Waals surface area contributed by atoms with Crippen LogP contribution in [0.4, 0.5) is 5.69 Å². The Hall–Kier alpha value is -1.64. The first-order chi connectivity index (χ1) is 11.8. The zero-order valence-electron chi connectivity index (χ0n) is 14.0. The number of halogens is 1. The van der Waals surface area contributed by atoms with Crippen molar-refractivity contribution in [1.29, 1.82) is 0 Å². The molecule has 0 aliphatic heterocycles. The minimum absolute atomic E-state index is 0.0426. The molecule has 1 aliphatic carbocycles. The molecule has 1 saturated carbocycles. The Labute approximate surface area is 156 Å². The fourth-order valence-electron chi connectivity index (χ4n) is 2.61. The molecule has 0 atom stereocenters. The molecule has 1 aromatic carbocycles. The lowest BCUT2D eigenvalue weighted by Gasteiger charge is -2.39. The van der Waals surface area contributed by atoms with E-state index in [1.54, 1.807) is 42.6 Å². The molecule has 0 unspecified atom stereocenters. The number of rotatable bonds is 6. The van der Waals surface area contributed by atoms with Crippen molar-refractivity contribution in [2.45, 2.75) is 29.9 Å². The molecule has 6 nitrogen and oxygen atoms in total. The van der Waals surface area contributed by atoms with E-state index in [4.69, 9.17) is 4.74 Å². The molecule has 1 aliphatic rings. The normalized spacial score (nSPS) is 20.2. The van der Waals surface area contributed by atoms with Gasteiger partial charge in [0.2, 0.25) is 5.88 Å². The largest absolute Gasteiger partial charge is 0.473 e. The van der Waals surface area contributed by atoms with Gasteiger partial charge in [0.15, 0.2) is 0 Å². The van der Waals surface area contributed by atoms with E-state index < -0.39 is 10.0 Å². The molecular formula is C17H20BrN3O3S. The monoisotopic (exact) mass is 425 g/mol. The maximum absolute atomic E-state index is 12.6. The molecule has 0 bridgehead atoms. The van der Waals surface area contributed by atoms with Crippen LogP contribution in [0.5, 0.6) is 5.88 Å². The van der Waals surface area contributed by atoms with Gasteiger partial charge in [-0.2, -0.15) is 0 Å².